The fraction of sp³-hybridized carbons (Fsp3) is 0.273. The van der Waals surface area contributed by atoms with Crippen LogP contribution in [-0.4, -0.2) is 0 Å². The number of rotatable bonds is 3. The van der Waals surface area contributed by atoms with Gasteiger partial charge in [0.1, 0.15) is 0 Å². The van der Waals surface area contributed by atoms with Crippen LogP contribution in [0.5, 0.6) is 0 Å². The molecule has 0 fully saturated rings. The van der Waals surface area contributed by atoms with Crippen molar-refractivity contribution in [1.29, 1.82) is 0 Å². The van der Waals surface area contributed by atoms with Crippen molar-refractivity contribution in [1.82, 2.24) is 0 Å². The molecule has 0 atom stereocenters. The smallest absolute Gasteiger partial charge is 0.0260 e. The monoisotopic (exact) mass is 146 g/mol. The summed E-state index contributed by atoms with van der Waals surface area (Å²) in [7, 11) is 0. The topological polar surface area (TPSA) is 0 Å². The number of aryl methyl sites for hydroxylation is 1. The summed E-state index contributed by atoms with van der Waals surface area (Å²) in [6.45, 7) is 5.93. The molecule has 11 heavy (non-hydrogen) atoms. The Morgan fingerprint density at radius 2 is 2.27 bits per heavy atom. The van der Waals surface area contributed by atoms with E-state index in [1.54, 1.807) is 0 Å². The first-order chi connectivity index (χ1) is 5.36. The Morgan fingerprint density at radius 1 is 1.45 bits per heavy atom. The molecule has 1 aromatic carbocycles. The molecule has 0 heterocycles. The van der Waals surface area contributed by atoms with E-state index in [0.717, 1.165) is 0 Å². The quantitative estimate of drug-likeness (QED) is 0.614. The highest BCUT2D eigenvalue weighted by atomic mass is 14.0. The Hall–Kier alpha value is -1.04. The number of hydrogen-bond donors (Lipinski definition) is 0. The minimum Gasteiger partial charge on any atom is -0.0985 e. The molecule has 0 bridgehead atoms. The summed E-state index contributed by atoms with van der Waals surface area (Å²) in [4.78, 5) is 0. The minimum absolute atomic E-state index is 1.17. The average molecular weight is 146 g/mol. The van der Waals surface area contributed by atoms with Crippen molar-refractivity contribution >= 4 is 6.08 Å². The lowest BCUT2D eigenvalue weighted by Crippen LogP contribution is -1.82. The molecule has 58 valence electrons. The zero-order valence-corrected chi connectivity index (χ0v) is 7.01. The van der Waals surface area contributed by atoms with Crippen LogP contribution in [0.15, 0.2) is 30.8 Å². The summed E-state index contributed by atoms with van der Waals surface area (Å²) >= 11 is 0. The second-order valence-electron chi connectivity index (χ2n) is 2.70. The van der Waals surface area contributed by atoms with Crippen molar-refractivity contribution in [3.63, 3.8) is 0 Å². The summed E-state index contributed by atoms with van der Waals surface area (Å²) in [5, 5.41) is 0. The van der Waals surface area contributed by atoms with Gasteiger partial charge in [0.05, 0.1) is 0 Å². The van der Waals surface area contributed by atoms with Crippen LogP contribution in [0.2, 0.25) is 0 Å². The third-order valence-electron chi connectivity index (χ3n) is 1.73. The van der Waals surface area contributed by atoms with Gasteiger partial charge in [-0.2, -0.15) is 0 Å². The molecule has 0 aliphatic rings. The van der Waals surface area contributed by atoms with E-state index in [1.807, 2.05) is 6.08 Å². The molecule has 0 aromatic heterocycles. The standard InChI is InChI=1S/C11H14/c1-3-6-11-8-5-7-10(4-2)9-11/h4-5,7-9H,2-3,6H2,1H3. The van der Waals surface area contributed by atoms with Gasteiger partial charge in [0, 0.05) is 0 Å². The van der Waals surface area contributed by atoms with Crippen LogP contribution >= 0.6 is 0 Å². The van der Waals surface area contributed by atoms with Gasteiger partial charge >= 0.3 is 0 Å². The highest BCUT2D eigenvalue weighted by Crippen LogP contribution is 2.07. The van der Waals surface area contributed by atoms with Crippen LogP contribution in [0.25, 0.3) is 6.08 Å². The summed E-state index contributed by atoms with van der Waals surface area (Å²) in [5.41, 5.74) is 2.63. The Labute approximate surface area is 68.6 Å². The Balaban J connectivity index is 2.82. The largest absolute Gasteiger partial charge is 0.0985 e. The second kappa shape index (κ2) is 3.97. The molecule has 0 nitrogen and oxygen atoms in total. The lowest BCUT2D eigenvalue weighted by atomic mass is 10.1. The third kappa shape index (κ3) is 2.23. The van der Waals surface area contributed by atoms with Crippen molar-refractivity contribution in [2.45, 2.75) is 19.8 Å². The Kier molecular flexibility index (Phi) is 2.91. The zero-order chi connectivity index (χ0) is 8.10. The SMILES string of the molecule is C=Cc1cccc(CCC)c1. The van der Waals surface area contributed by atoms with E-state index in [4.69, 9.17) is 0 Å². The van der Waals surface area contributed by atoms with Crippen LogP contribution in [-0.2, 0) is 6.42 Å². The first-order valence-electron chi connectivity index (χ1n) is 4.08. The van der Waals surface area contributed by atoms with E-state index in [1.165, 1.54) is 24.0 Å². The molecule has 0 N–H and O–H groups in total. The average Bonchev–Trinajstić information content (AvgIpc) is 2.06. The van der Waals surface area contributed by atoms with Gasteiger partial charge in [-0.1, -0.05) is 50.3 Å². The van der Waals surface area contributed by atoms with Gasteiger partial charge in [-0.15, -0.1) is 0 Å². The number of hydrogen-bond acceptors (Lipinski definition) is 0. The molecular formula is C11H14. The molecular weight excluding hydrogens is 132 g/mol. The van der Waals surface area contributed by atoms with Gasteiger partial charge in [-0.25, -0.2) is 0 Å². The van der Waals surface area contributed by atoms with Crippen LogP contribution in [0.1, 0.15) is 24.5 Å². The second-order valence-corrected chi connectivity index (χ2v) is 2.70. The summed E-state index contributed by atoms with van der Waals surface area (Å²) in [6.07, 6.45) is 4.27. The Bertz CT molecular complexity index is 236. The van der Waals surface area contributed by atoms with Gasteiger partial charge in [0.25, 0.3) is 0 Å². The molecule has 0 aliphatic carbocycles. The minimum atomic E-state index is 1.17. The predicted octanol–water partition coefficient (Wildman–Crippen LogP) is 3.28. The summed E-state index contributed by atoms with van der Waals surface area (Å²) in [5.74, 6) is 0. The molecule has 1 aromatic rings. The molecule has 0 aliphatic heterocycles. The highest BCUT2D eigenvalue weighted by Gasteiger charge is 1.90. The van der Waals surface area contributed by atoms with E-state index < -0.39 is 0 Å². The first-order valence-corrected chi connectivity index (χ1v) is 4.08. The molecule has 1 rings (SSSR count). The Morgan fingerprint density at radius 3 is 2.91 bits per heavy atom. The fourth-order valence-corrected chi connectivity index (χ4v) is 1.16. The normalized spacial score (nSPS) is 9.55. The van der Waals surface area contributed by atoms with E-state index in [-0.39, 0.29) is 0 Å². The predicted molar refractivity (Wildman–Crippen MR) is 50.5 cm³/mol. The fourth-order valence-electron chi connectivity index (χ4n) is 1.16. The van der Waals surface area contributed by atoms with Gasteiger partial charge in [0.2, 0.25) is 0 Å². The number of benzene rings is 1. The van der Waals surface area contributed by atoms with Crippen LogP contribution in [0.3, 0.4) is 0 Å². The molecule has 0 saturated carbocycles. The maximum Gasteiger partial charge on any atom is -0.0260 e. The van der Waals surface area contributed by atoms with Crippen molar-refractivity contribution in [3.05, 3.63) is 42.0 Å². The van der Waals surface area contributed by atoms with Crippen LogP contribution in [0.4, 0.5) is 0 Å². The van der Waals surface area contributed by atoms with E-state index in [2.05, 4.69) is 37.8 Å². The maximum atomic E-state index is 3.73. The lowest BCUT2D eigenvalue weighted by molar-refractivity contribution is 0.921. The van der Waals surface area contributed by atoms with E-state index in [9.17, 15) is 0 Å². The molecule has 0 spiro atoms. The lowest BCUT2D eigenvalue weighted by Gasteiger charge is -1.98. The molecule has 0 radical (unpaired) electrons. The van der Waals surface area contributed by atoms with Gasteiger partial charge in [0.15, 0.2) is 0 Å². The van der Waals surface area contributed by atoms with Crippen molar-refractivity contribution < 1.29 is 0 Å². The van der Waals surface area contributed by atoms with Crippen molar-refractivity contribution in [3.8, 4) is 0 Å². The highest BCUT2D eigenvalue weighted by molar-refractivity contribution is 5.47. The molecule has 0 heteroatoms. The van der Waals surface area contributed by atoms with Crippen molar-refractivity contribution in [2.24, 2.45) is 0 Å². The summed E-state index contributed by atoms with van der Waals surface area (Å²) in [6, 6.07) is 8.52. The maximum absolute atomic E-state index is 3.73. The molecule has 0 unspecified atom stereocenters. The van der Waals surface area contributed by atoms with E-state index >= 15 is 0 Å². The van der Waals surface area contributed by atoms with Crippen LogP contribution in [0, 0.1) is 0 Å². The van der Waals surface area contributed by atoms with E-state index in [0.29, 0.717) is 0 Å². The zero-order valence-electron chi connectivity index (χ0n) is 7.01. The first kappa shape index (κ1) is 8.06. The van der Waals surface area contributed by atoms with Crippen molar-refractivity contribution in [2.75, 3.05) is 0 Å². The van der Waals surface area contributed by atoms with Gasteiger partial charge < -0.3 is 0 Å². The van der Waals surface area contributed by atoms with Gasteiger partial charge in [-0.05, 0) is 17.5 Å². The summed E-state index contributed by atoms with van der Waals surface area (Å²) < 4.78 is 0. The molecule has 0 saturated heterocycles. The molecule has 0 amide bonds. The van der Waals surface area contributed by atoms with Crippen LogP contribution < -0.4 is 0 Å². The third-order valence-corrected chi connectivity index (χ3v) is 1.73. The van der Waals surface area contributed by atoms with Gasteiger partial charge in [-0.3, -0.25) is 0 Å².